The molecule has 1 atom stereocenters. The predicted molar refractivity (Wildman–Crippen MR) is 99.2 cm³/mol. The van der Waals surface area contributed by atoms with Crippen molar-refractivity contribution >= 4 is 11.8 Å². The van der Waals surface area contributed by atoms with Gasteiger partial charge in [-0.3, -0.25) is 4.99 Å². The van der Waals surface area contributed by atoms with Crippen molar-refractivity contribution < 1.29 is 9.47 Å². The Morgan fingerprint density at radius 3 is 2.92 bits per heavy atom. The number of pyridine rings is 1. The first-order valence-electron chi connectivity index (χ1n) is 9.18. The minimum atomic E-state index is 0.291. The minimum Gasteiger partial charge on any atom is -0.377 e. The lowest BCUT2D eigenvalue weighted by Crippen LogP contribution is -2.53. The van der Waals surface area contributed by atoms with Gasteiger partial charge in [0, 0.05) is 52.6 Å². The van der Waals surface area contributed by atoms with Gasteiger partial charge in [0.1, 0.15) is 5.82 Å². The van der Waals surface area contributed by atoms with Crippen LogP contribution in [0.15, 0.2) is 29.4 Å². The Bertz CT molecular complexity index is 526. The Morgan fingerprint density at radius 2 is 2.24 bits per heavy atom. The fraction of sp³-hybridized carbons (Fsp3) is 0.667. The monoisotopic (exact) mass is 347 g/mol. The number of piperazine rings is 1. The Hall–Kier alpha value is -1.86. The van der Waals surface area contributed by atoms with Crippen LogP contribution in [0.1, 0.15) is 12.8 Å². The van der Waals surface area contributed by atoms with Crippen LogP contribution in [0.3, 0.4) is 0 Å². The van der Waals surface area contributed by atoms with E-state index in [0.29, 0.717) is 19.3 Å². The van der Waals surface area contributed by atoms with Crippen molar-refractivity contribution in [2.75, 3.05) is 64.5 Å². The van der Waals surface area contributed by atoms with E-state index >= 15 is 0 Å². The van der Waals surface area contributed by atoms with Crippen LogP contribution < -0.4 is 10.2 Å². The summed E-state index contributed by atoms with van der Waals surface area (Å²) in [4.78, 5) is 13.4. The summed E-state index contributed by atoms with van der Waals surface area (Å²) < 4.78 is 11.3. The summed E-state index contributed by atoms with van der Waals surface area (Å²) >= 11 is 0. The topological polar surface area (TPSA) is 62.2 Å². The van der Waals surface area contributed by atoms with Crippen LogP contribution in [-0.2, 0) is 9.47 Å². The number of nitrogens with one attached hydrogen (secondary N) is 1. The van der Waals surface area contributed by atoms with Crippen molar-refractivity contribution in [3.8, 4) is 0 Å². The minimum absolute atomic E-state index is 0.291. The summed E-state index contributed by atoms with van der Waals surface area (Å²) in [5.41, 5.74) is 0. The van der Waals surface area contributed by atoms with Gasteiger partial charge >= 0.3 is 0 Å². The zero-order valence-electron chi connectivity index (χ0n) is 15.1. The van der Waals surface area contributed by atoms with Gasteiger partial charge in [0.2, 0.25) is 0 Å². The maximum Gasteiger partial charge on any atom is 0.193 e. The molecule has 1 N–H and O–H groups in total. The fourth-order valence-electron chi connectivity index (χ4n) is 3.25. The van der Waals surface area contributed by atoms with Crippen LogP contribution in [0.25, 0.3) is 0 Å². The van der Waals surface area contributed by atoms with Gasteiger partial charge in [-0.05, 0) is 25.0 Å². The highest BCUT2D eigenvalue weighted by Gasteiger charge is 2.20. The smallest absolute Gasteiger partial charge is 0.193 e. The number of rotatable bonds is 6. The number of guanidine groups is 1. The van der Waals surface area contributed by atoms with Crippen molar-refractivity contribution in [1.29, 1.82) is 0 Å². The van der Waals surface area contributed by atoms with Gasteiger partial charge in [-0.25, -0.2) is 4.98 Å². The summed E-state index contributed by atoms with van der Waals surface area (Å²) in [6.45, 7) is 6.79. The third-order valence-corrected chi connectivity index (χ3v) is 4.62. The molecule has 0 aliphatic carbocycles. The maximum absolute atomic E-state index is 5.70. The van der Waals surface area contributed by atoms with E-state index in [1.807, 2.05) is 25.4 Å². The van der Waals surface area contributed by atoms with Crippen LogP contribution in [0.5, 0.6) is 0 Å². The molecule has 0 saturated carbocycles. The van der Waals surface area contributed by atoms with Crippen LogP contribution in [-0.4, -0.2) is 81.5 Å². The average Bonchev–Trinajstić information content (AvgIpc) is 3.19. The second kappa shape index (κ2) is 9.58. The summed E-state index contributed by atoms with van der Waals surface area (Å²) in [5, 5.41) is 3.40. The van der Waals surface area contributed by atoms with Crippen LogP contribution in [0, 0.1) is 0 Å². The highest BCUT2D eigenvalue weighted by atomic mass is 16.5. The molecule has 7 heteroatoms. The summed E-state index contributed by atoms with van der Waals surface area (Å²) in [5.74, 6) is 1.99. The van der Waals surface area contributed by atoms with Crippen molar-refractivity contribution in [3.63, 3.8) is 0 Å². The van der Waals surface area contributed by atoms with E-state index in [9.17, 15) is 0 Å². The second-order valence-corrected chi connectivity index (χ2v) is 6.35. The zero-order chi connectivity index (χ0) is 17.3. The molecule has 1 unspecified atom stereocenters. The van der Waals surface area contributed by atoms with Gasteiger partial charge in [0.15, 0.2) is 5.96 Å². The summed E-state index contributed by atoms with van der Waals surface area (Å²) in [7, 11) is 1.83. The normalized spacial score (nSPS) is 21.6. The van der Waals surface area contributed by atoms with Crippen LogP contribution >= 0.6 is 0 Å². The van der Waals surface area contributed by atoms with Gasteiger partial charge in [-0.2, -0.15) is 0 Å². The summed E-state index contributed by atoms with van der Waals surface area (Å²) in [6, 6.07) is 6.05. The number of anilines is 1. The maximum atomic E-state index is 5.70. The lowest BCUT2D eigenvalue weighted by Gasteiger charge is -2.37. The Morgan fingerprint density at radius 1 is 1.36 bits per heavy atom. The number of aromatic nitrogens is 1. The van der Waals surface area contributed by atoms with Gasteiger partial charge in [-0.1, -0.05) is 6.07 Å². The molecular formula is C18H29N5O2. The number of aliphatic imine (C=N–C) groups is 1. The molecule has 0 radical (unpaired) electrons. The molecule has 2 aliphatic rings. The lowest BCUT2D eigenvalue weighted by molar-refractivity contribution is 0.0190. The first-order valence-corrected chi connectivity index (χ1v) is 9.18. The van der Waals surface area contributed by atoms with E-state index in [1.54, 1.807) is 0 Å². The van der Waals surface area contributed by atoms with Gasteiger partial charge < -0.3 is 24.6 Å². The number of hydrogen-bond donors (Lipinski definition) is 1. The molecule has 0 aromatic carbocycles. The molecule has 0 spiro atoms. The van der Waals surface area contributed by atoms with E-state index in [1.165, 1.54) is 0 Å². The molecule has 138 valence electrons. The van der Waals surface area contributed by atoms with Crippen LogP contribution in [0.4, 0.5) is 5.82 Å². The number of hydrogen-bond acceptors (Lipinski definition) is 5. The van der Waals surface area contributed by atoms with Crippen molar-refractivity contribution in [2.24, 2.45) is 4.99 Å². The van der Waals surface area contributed by atoms with Gasteiger partial charge in [0.25, 0.3) is 0 Å². The zero-order valence-corrected chi connectivity index (χ0v) is 15.1. The van der Waals surface area contributed by atoms with E-state index in [4.69, 9.17) is 9.47 Å². The van der Waals surface area contributed by atoms with E-state index in [-0.39, 0.29) is 0 Å². The van der Waals surface area contributed by atoms with E-state index in [0.717, 1.165) is 63.9 Å². The first-order chi connectivity index (χ1) is 12.4. The third kappa shape index (κ3) is 5.31. The Balaban J connectivity index is 1.34. The van der Waals surface area contributed by atoms with Crippen LogP contribution in [0.2, 0.25) is 0 Å². The van der Waals surface area contributed by atoms with Gasteiger partial charge in [0.05, 0.1) is 19.3 Å². The third-order valence-electron chi connectivity index (χ3n) is 4.62. The molecule has 25 heavy (non-hydrogen) atoms. The Kier molecular flexibility index (Phi) is 6.88. The largest absolute Gasteiger partial charge is 0.377 e. The van der Waals surface area contributed by atoms with E-state index in [2.05, 4.69) is 31.2 Å². The van der Waals surface area contributed by atoms with E-state index < -0.39 is 0 Å². The first kappa shape index (κ1) is 17.9. The average molecular weight is 347 g/mol. The van der Waals surface area contributed by atoms with Crippen molar-refractivity contribution in [3.05, 3.63) is 24.4 Å². The lowest BCUT2D eigenvalue weighted by atomic mass is 10.2. The molecule has 1 aromatic heterocycles. The van der Waals surface area contributed by atoms with Crippen molar-refractivity contribution in [2.45, 2.75) is 18.9 Å². The molecule has 1 aromatic rings. The quantitative estimate of drug-likeness (QED) is 0.470. The molecule has 0 amide bonds. The van der Waals surface area contributed by atoms with Crippen molar-refractivity contribution in [1.82, 2.24) is 15.2 Å². The molecule has 2 aliphatic heterocycles. The number of ether oxygens (including phenoxy) is 2. The number of nitrogens with zero attached hydrogens (tertiary/aromatic N) is 4. The molecule has 7 nitrogen and oxygen atoms in total. The van der Waals surface area contributed by atoms with Gasteiger partial charge in [-0.15, -0.1) is 0 Å². The molecule has 3 heterocycles. The predicted octanol–water partition coefficient (Wildman–Crippen LogP) is 0.975. The summed E-state index contributed by atoms with van der Waals surface area (Å²) in [6.07, 6.45) is 4.41. The SMILES string of the molecule is CN=C(NCCOCC1CCCO1)N1CCN(c2ccccn2)CC1. The molecule has 2 fully saturated rings. The highest BCUT2D eigenvalue weighted by molar-refractivity contribution is 5.80. The molecule has 2 saturated heterocycles. The molecular weight excluding hydrogens is 318 g/mol. The Labute approximate surface area is 150 Å². The highest BCUT2D eigenvalue weighted by Crippen LogP contribution is 2.13. The second-order valence-electron chi connectivity index (χ2n) is 6.35. The molecule has 3 rings (SSSR count). The molecule has 0 bridgehead atoms. The fourth-order valence-corrected chi connectivity index (χ4v) is 3.25. The standard InChI is InChI=1S/C18H29N5O2/c1-19-18(21-8-14-24-15-16-5-4-13-25-16)23-11-9-22(10-12-23)17-6-2-3-7-20-17/h2-3,6-7,16H,4-5,8-15H2,1H3,(H,19,21).